The maximum absolute atomic E-state index is 3.52. The van der Waals surface area contributed by atoms with Crippen LogP contribution in [-0.2, 0) is 13.6 Å². The van der Waals surface area contributed by atoms with Crippen molar-refractivity contribution >= 4 is 12.4 Å². The lowest BCUT2D eigenvalue weighted by molar-refractivity contribution is 0.558. The summed E-state index contributed by atoms with van der Waals surface area (Å²) >= 11 is 0. The van der Waals surface area contributed by atoms with Crippen molar-refractivity contribution < 1.29 is 0 Å². The molecule has 1 atom stereocenters. The van der Waals surface area contributed by atoms with Gasteiger partial charge >= 0.3 is 0 Å². The number of benzene rings is 1. The predicted octanol–water partition coefficient (Wildman–Crippen LogP) is 3.30. The molecular formula is C14H19ClN2. The standard InChI is InChI=1S/C14H18N2.ClH/c1-12(13-7-4-3-5-8-13)15-11-14-9-6-10-16(14)2;/h3-10,12,15H,11H2,1-2H3;1H. The van der Waals surface area contributed by atoms with Gasteiger partial charge in [0.15, 0.2) is 0 Å². The van der Waals surface area contributed by atoms with Crippen molar-refractivity contribution in [3.05, 3.63) is 59.9 Å². The Hall–Kier alpha value is -1.25. The van der Waals surface area contributed by atoms with Crippen LogP contribution < -0.4 is 5.32 Å². The lowest BCUT2D eigenvalue weighted by atomic mass is 10.1. The first kappa shape index (κ1) is 13.8. The lowest BCUT2D eigenvalue weighted by Crippen LogP contribution is -2.19. The molecule has 0 radical (unpaired) electrons. The largest absolute Gasteiger partial charge is 0.353 e. The Bertz CT molecular complexity index is 436. The zero-order valence-electron chi connectivity index (χ0n) is 10.3. The zero-order valence-corrected chi connectivity index (χ0v) is 11.1. The van der Waals surface area contributed by atoms with E-state index in [2.05, 4.69) is 66.5 Å². The first-order chi connectivity index (χ1) is 7.77. The van der Waals surface area contributed by atoms with Crippen LogP contribution in [0.3, 0.4) is 0 Å². The van der Waals surface area contributed by atoms with Crippen LogP contribution in [0.2, 0.25) is 0 Å². The van der Waals surface area contributed by atoms with E-state index in [1.165, 1.54) is 11.3 Å². The van der Waals surface area contributed by atoms with Gasteiger partial charge in [0.25, 0.3) is 0 Å². The van der Waals surface area contributed by atoms with Crippen molar-refractivity contribution in [1.29, 1.82) is 0 Å². The second kappa shape index (κ2) is 6.48. The molecule has 1 aromatic heterocycles. The van der Waals surface area contributed by atoms with Crippen LogP contribution in [-0.4, -0.2) is 4.57 Å². The Kier molecular flexibility index (Phi) is 5.26. The Morgan fingerprint density at radius 2 is 1.82 bits per heavy atom. The Morgan fingerprint density at radius 3 is 2.41 bits per heavy atom. The molecular weight excluding hydrogens is 232 g/mol. The highest BCUT2D eigenvalue weighted by Crippen LogP contribution is 2.12. The third-order valence-corrected chi connectivity index (χ3v) is 2.94. The Balaban J connectivity index is 0.00000144. The molecule has 1 unspecified atom stereocenters. The third kappa shape index (κ3) is 3.62. The van der Waals surface area contributed by atoms with Crippen molar-refractivity contribution in [2.24, 2.45) is 7.05 Å². The highest BCUT2D eigenvalue weighted by Gasteiger charge is 2.04. The van der Waals surface area contributed by atoms with Gasteiger partial charge in [-0.3, -0.25) is 0 Å². The van der Waals surface area contributed by atoms with Crippen LogP contribution in [0.5, 0.6) is 0 Å². The molecule has 17 heavy (non-hydrogen) atoms. The van der Waals surface area contributed by atoms with Gasteiger partial charge in [0.05, 0.1) is 0 Å². The molecule has 2 aromatic rings. The van der Waals surface area contributed by atoms with Crippen molar-refractivity contribution in [2.75, 3.05) is 0 Å². The van der Waals surface area contributed by atoms with E-state index in [-0.39, 0.29) is 12.4 Å². The van der Waals surface area contributed by atoms with E-state index in [4.69, 9.17) is 0 Å². The average molecular weight is 251 g/mol. The summed E-state index contributed by atoms with van der Waals surface area (Å²) in [4.78, 5) is 0. The minimum atomic E-state index is 0. The fourth-order valence-electron chi connectivity index (χ4n) is 1.80. The van der Waals surface area contributed by atoms with Crippen LogP contribution in [0.15, 0.2) is 48.7 Å². The molecule has 0 spiro atoms. The van der Waals surface area contributed by atoms with Crippen molar-refractivity contribution in [2.45, 2.75) is 19.5 Å². The molecule has 0 aliphatic carbocycles. The summed E-state index contributed by atoms with van der Waals surface area (Å²) in [7, 11) is 2.07. The molecule has 0 saturated carbocycles. The Morgan fingerprint density at radius 1 is 1.12 bits per heavy atom. The molecule has 0 aliphatic rings. The average Bonchev–Trinajstić information content (AvgIpc) is 2.73. The Labute approximate surface area is 109 Å². The minimum Gasteiger partial charge on any atom is -0.353 e. The summed E-state index contributed by atoms with van der Waals surface area (Å²) in [6, 6.07) is 15.1. The smallest absolute Gasteiger partial charge is 0.0364 e. The maximum atomic E-state index is 3.52. The number of nitrogens with zero attached hydrogens (tertiary/aromatic N) is 1. The third-order valence-electron chi connectivity index (χ3n) is 2.94. The highest BCUT2D eigenvalue weighted by molar-refractivity contribution is 5.85. The topological polar surface area (TPSA) is 17.0 Å². The molecule has 0 amide bonds. The molecule has 2 rings (SSSR count). The van der Waals surface area contributed by atoms with E-state index in [1.54, 1.807) is 0 Å². The number of nitrogens with one attached hydrogen (secondary N) is 1. The van der Waals surface area contributed by atoms with Gasteiger partial charge in [0.1, 0.15) is 0 Å². The number of rotatable bonds is 4. The van der Waals surface area contributed by atoms with Gasteiger partial charge in [-0.25, -0.2) is 0 Å². The van der Waals surface area contributed by atoms with Gasteiger partial charge in [-0.1, -0.05) is 30.3 Å². The molecule has 1 N–H and O–H groups in total. The molecule has 1 aromatic carbocycles. The van der Waals surface area contributed by atoms with Crippen molar-refractivity contribution in [3.8, 4) is 0 Å². The van der Waals surface area contributed by atoms with E-state index in [0.717, 1.165) is 6.54 Å². The molecule has 0 saturated heterocycles. The summed E-state index contributed by atoms with van der Waals surface area (Å²) < 4.78 is 2.14. The van der Waals surface area contributed by atoms with E-state index >= 15 is 0 Å². The molecule has 0 aliphatic heterocycles. The van der Waals surface area contributed by atoms with Gasteiger partial charge in [-0.2, -0.15) is 0 Å². The molecule has 1 heterocycles. The molecule has 0 fully saturated rings. The normalized spacial score (nSPS) is 11.9. The zero-order chi connectivity index (χ0) is 11.4. The van der Waals surface area contributed by atoms with Gasteiger partial charge in [-0.05, 0) is 24.6 Å². The summed E-state index contributed by atoms with van der Waals surface area (Å²) in [5.74, 6) is 0. The van der Waals surface area contributed by atoms with Gasteiger partial charge in [0, 0.05) is 31.5 Å². The molecule has 2 nitrogen and oxygen atoms in total. The van der Waals surface area contributed by atoms with Crippen LogP contribution in [0, 0.1) is 0 Å². The van der Waals surface area contributed by atoms with E-state index in [0.29, 0.717) is 6.04 Å². The summed E-state index contributed by atoms with van der Waals surface area (Å²) in [6.07, 6.45) is 2.07. The van der Waals surface area contributed by atoms with Crippen molar-refractivity contribution in [3.63, 3.8) is 0 Å². The first-order valence-corrected chi connectivity index (χ1v) is 5.66. The quantitative estimate of drug-likeness (QED) is 0.881. The van der Waals surface area contributed by atoms with Crippen LogP contribution >= 0.6 is 12.4 Å². The first-order valence-electron chi connectivity index (χ1n) is 5.66. The SMILES string of the molecule is CC(NCc1cccn1C)c1ccccc1.Cl. The highest BCUT2D eigenvalue weighted by atomic mass is 35.5. The number of hydrogen-bond donors (Lipinski definition) is 1. The summed E-state index contributed by atoms with van der Waals surface area (Å²) in [5.41, 5.74) is 2.64. The van der Waals surface area contributed by atoms with E-state index in [1.807, 2.05) is 6.07 Å². The second-order valence-corrected chi connectivity index (χ2v) is 4.12. The summed E-state index contributed by atoms with van der Waals surface area (Å²) in [6.45, 7) is 3.10. The summed E-state index contributed by atoms with van der Waals surface area (Å²) in [5, 5.41) is 3.52. The predicted molar refractivity (Wildman–Crippen MR) is 74.4 cm³/mol. The molecule has 92 valence electrons. The van der Waals surface area contributed by atoms with Crippen LogP contribution in [0.4, 0.5) is 0 Å². The van der Waals surface area contributed by atoms with Crippen LogP contribution in [0.1, 0.15) is 24.2 Å². The second-order valence-electron chi connectivity index (χ2n) is 4.12. The fourth-order valence-corrected chi connectivity index (χ4v) is 1.80. The van der Waals surface area contributed by atoms with Gasteiger partial charge in [-0.15, -0.1) is 12.4 Å². The van der Waals surface area contributed by atoms with E-state index in [9.17, 15) is 0 Å². The lowest BCUT2D eigenvalue weighted by Gasteiger charge is -2.14. The van der Waals surface area contributed by atoms with Crippen molar-refractivity contribution in [1.82, 2.24) is 9.88 Å². The number of hydrogen-bond acceptors (Lipinski definition) is 1. The van der Waals surface area contributed by atoms with E-state index < -0.39 is 0 Å². The maximum Gasteiger partial charge on any atom is 0.0364 e. The van der Waals surface area contributed by atoms with Gasteiger partial charge in [0.2, 0.25) is 0 Å². The van der Waals surface area contributed by atoms with Crippen LogP contribution in [0.25, 0.3) is 0 Å². The minimum absolute atomic E-state index is 0. The fraction of sp³-hybridized carbons (Fsp3) is 0.286. The van der Waals surface area contributed by atoms with Gasteiger partial charge < -0.3 is 9.88 Å². The monoisotopic (exact) mass is 250 g/mol. The number of aromatic nitrogens is 1. The number of aryl methyl sites for hydroxylation is 1. The molecule has 3 heteroatoms. The number of halogens is 1. The molecule has 0 bridgehead atoms.